The van der Waals surface area contributed by atoms with Crippen molar-refractivity contribution in [3.8, 4) is 0 Å². The monoisotopic (exact) mass is 293 g/mol. The van der Waals surface area contributed by atoms with E-state index in [2.05, 4.69) is 17.2 Å². The van der Waals surface area contributed by atoms with Crippen LogP contribution in [0.15, 0.2) is 18.2 Å². The van der Waals surface area contributed by atoms with Crippen LogP contribution in [0.5, 0.6) is 0 Å². The zero-order valence-corrected chi connectivity index (χ0v) is 12.7. The first-order valence-corrected chi connectivity index (χ1v) is 7.51. The third-order valence-electron chi connectivity index (χ3n) is 4.39. The predicted molar refractivity (Wildman–Crippen MR) is 80.9 cm³/mol. The van der Waals surface area contributed by atoms with Crippen LogP contribution in [-0.2, 0) is 6.54 Å². The van der Waals surface area contributed by atoms with Crippen molar-refractivity contribution in [2.45, 2.75) is 45.2 Å². The maximum Gasteiger partial charge on any atom is 0.265 e. The van der Waals surface area contributed by atoms with E-state index < -0.39 is 5.91 Å². The van der Waals surface area contributed by atoms with E-state index in [1.54, 1.807) is 6.07 Å². The summed E-state index contributed by atoms with van der Waals surface area (Å²) in [5.74, 6) is 5.17. The Bertz CT molecular complexity index is 506. The topological polar surface area (TPSA) is 58.4 Å². The molecular weight excluding hydrogens is 269 g/mol. The fourth-order valence-corrected chi connectivity index (χ4v) is 3.12. The molecule has 1 aliphatic rings. The highest BCUT2D eigenvalue weighted by atomic mass is 19.1. The largest absolute Gasteiger partial charge is 0.299 e. The average Bonchev–Trinajstić information content (AvgIpc) is 2.48. The molecule has 0 heterocycles. The molecule has 4 nitrogen and oxygen atoms in total. The molecule has 1 aromatic carbocycles. The third kappa shape index (κ3) is 4.02. The van der Waals surface area contributed by atoms with Crippen LogP contribution in [-0.4, -0.2) is 23.9 Å². The molecule has 1 aliphatic carbocycles. The normalized spacial score (nSPS) is 22.3. The van der Waals surface area contributed by atoms with E-state index in [0.717, 1.165) is 18.8 Å². The molecule has 1 amide bonds. The molecule has 0 aromatic heterocycles. The molecule has 2 unspecified atom stereocenters. The van der Waals surface area contributed by atoms with E-state index in [-0.39, 0.29) is 5.82 Å². The number of carbonyl (C=O) groups is 1. The van der Waals surface area contributed by atoms with Crippen molar-refractivity contribution in [1.29, 1.82) is 0 Å². The van der Waals surface area contributed by atoms with Crippen LogP contribution in [0.2, 0.25) is 0 Å². The highest BCUT2D eigenvalue weighted by molar-refractivity contribution is 5.93. The maximum atomic E-state index is 14.0. The van der Waals surface area contributed by atoms with Gasteiger partial charge in [-0.1, -0.05) is 19.8 Å². The molecule has 0 radical (unpaired) electrons. The molecular formula is C16H24FN3O. The summed E-state index contributed by atoms with van der Waals surface area (Å²) in [6, 6.07) is 4.85. The lowest BCUT2D eigenvalue weighted by Gasteiger charge is -2.34. The van der Waals surface area contributed by atoms with Gasteiger partial charge in [0.25, 0.3) is 5.91 Å². The number of nitrogens with one attached hydrogen (secondary N) is 1. The number of nitrogens with two attached hydrogens (primary N) is 1. The van der Waals surface area contributed by atoms with Crippen LogP contribution >= 0.6 is 0 Å². The standard InChI is InChI=1S/C16H24FN3O/c1-11-4-3-5-14(8-11)20(2)10-13-9-12(16(21)19-18)6-7-15(13)17/h6-7,9,11,14H,3-5,8,10,18H2,1-2H3,(H,19,21). The van der Waals surface area contributed by atoms with Crippen molar-refractivity contribution in [3.63, 3.8) is 0 Å². The Kier molecular flexibility index (Phi) is 5.31. The lowest BCUT2D eigenvalue weighted by atomic mass is 9.86. The van der Waals surface area contributed by atoms with Crippen molar-refractivity contribution >= 4 is 5.91 Å². The van der Waals surface area contributed by atoms with E-state index >= 15 is 0 Å². The summed E-state index contributed by atoms with van der Waals surface area (Å²) in [5.41, 5.74) is 3.00. The quantitative estimate of drug-likeness (QED) is 0.509. The van der Waals surface area contributed by atoms with Crippen LogP contribution in [0.25, 0.3) is 0 Å². The summed E-state index contributed by atoms with van der Waals surface area (Å²) in [7, 11) is 2.03. The zero-order valence-electron chi connectivity index (χ0n) is 12.7. The number of hydrogen-bond donors (Lipinski definition) is 2. The number of nitrogen functional groups attached to an aromatic ring is 1. The SMILES string of the molecule is CC1CCCC(N(C)Cc2cc(C(=O)NN)ccc2F)C1. The maximum absolute atomic E-state index is 14.0. The Labute approximate surface area is 125 Å². The minimum atomic E-state index is -0.398. The molecule has 2 rings (SSSR count). The second kappa shape index (κ2) is 7.00. The summed E-state index contributed by atoms with van der Waals surface area (Å²) in [6.45, 7) is 2.78. The lowest BCUT2D eigenvalue weighted by Crippen LogP contribution is -2.35. The van der Waals surface area contributed by atoms with Gasteiger partial charge < -0.3 is 0 Å². The van der Waals surface area contributed by atoms with Crippen LogP contribution in [0, 0.1) is 11.7 Å². The Balaban J connectivity index is 2.09. The summed E-state index contributed by atoms with van der Waals surface area (Å²) < 4.78 is 14.0. The molecule has 0 saturated heterocycles. The number of carbonyl (C=O) groups excluding carboxylic acids is 1. The predicted octanol–water partition coefficient (Wildman–Crippen LogP) is 2.44. The molecule has 1 saturated carbocycles. The van der Waals surface area contributed by atoms with Crippen molar-refractivity contribution in [1.82, 2.24) is 10.3 Å². The van der Waals surface area contributed by atoms with E-state index in [4.69, 9.17) is 5.84 Å². The van der Waals surface area contributed by atoms with Crippen molar-refractivity contribution < 1.29 is 9.18 Å². The van der Waals surface area contributed by atoms with Gasteiger partial charge in [0.2, 0.25) is 0 Å². The summed E-state index contributed by atoms with van der Waals surface area (Å²) in [4.78, 5) is 13.7. The highest BCUT2D eigenvalue weighted by Gasteiger charge is 2.23. The first kappa shape index (κ1) is 15.9. The number of nitrogens with zero attached hydrogens (tertiary/aromatic N) is 1. The van der Waals surface area contributed by atoms with Gasteiger partial charge in [-0.15, -0.1) is 0 Å². The van der Waals surface area contributed by atoms with E-state index in [1.807, 2.05) is 7.05 Å². The van der Waals surface area contributed by atoms with E-state index in [0.29, 0.717) is 23.7 Å². The van der Waals surface area contributed by atoms with Crippen LogP contribution < -0.4 is 11.3 Å². The second-order valence-corrected chi connectivity index (χ2v) is 6.12. The third-order valence-corrected chi connectivity index (χ3v) is 4.39. The fraction of sp³-hybridized carbons (Fsp3) is 0.562. The summed E-state index contributed by atoms with van der Waals surface area (Å²) >= 11 is 0. The first-order valence-electron chi connectivity index (χ1n) is 7.51. The van der Waals surface area contributed by atoms with E-state index in [1.165, 1.54) is 25.0 Å². The number of hydrazine groups is 1. The van der Waals surface area contributed by atoms with Crippen LogP contribution in [0.4, 0.5) is 4.39 Å². The molecule has 1 fully saturated rings. The molecule has 0 aliphatic heterocycles. The lowest BCUT2D eigenvalue weighted by molar-refractivity contribution is 0.0953. The average molecular weight is 293 g/mol. The number of amides is 1. The molecule has 2 atom stereocenters. The van der Waals surface area contributed by atoms with Gasteiger partial charge in [0.1, 0.15) is 5.82 Å². The molecule has 1 aromatic rings. The zero-order chi connectivity index (χ0) is 15.4. The van der Waals surface area contributed by atoms with Gasteiger partial charge in [0, 0.05) is 23.7 Å². The smallest absolute Gasteiger partial charge is 0.265 e. The minimum Gasteiger partial charge on any atom is -0.299 e. The number of hydrogen-bond acceptors (Lipinski definition) is 3. The van der Waals surface area contributed by atoms with Gasteiger partial charge in [-0.05, 0) is 44.0 Å². The molecule has 5 heteroatoms. The summed E-state index contributed by atoms with van der Waals surface area (Å²) in [5, 5.41) is 0. The van der Waals surface area contributed by atoms with Gasteiger partial charge in [-0.25, -0.2) is 10.2 Å². The van der Waals surface area contributed by atoms with E-state index in [9.17, 15) is 9.18 Å². The van der Waals surface area contributed by atoms with Gasteiger partial charge in [0.05, 0.1) is 0 Å². The second-order valence-electron chi connectivity index (χ2n) is 6.12. The van der Waals surface area contributed by atoms with Crippen molar-refractivity contribution in [2.24, 2.45) is 11.8 Å². The minimum absolute atomic E-state index is 0.278. The van der Waals surface area contributed by atoms with Crippen molar-refractivity contribution in [3.05, 3.63) is 35.1 Å². The Morgan fingerprint density at radius 3 is 2.90 bits per heavy atom. The number of halogens is 1. The number of rotatable bonds is 4. The van der Waals surface area contributed by atoms with Crippen LogP contribution in [0.3, 0.4) is 0 Å². The molecule has 116 valence electrons. The Morgan fingerprint density at radius 2 is 2.24 bits per heavy atom. The van der Waals surface area contributed by atoms with Crippen molar-refractivity contribution in [2.75, 3.05) is 7.05 Å². The molecule has 0 bridgehead atoms. The van der Waals surface area contributed by atoms with Gasteiger partial charge in [-0.2, -0.15) is 0 Å². The summed E-state index contributed by atoms with van der Waals surface area (Å²) in [6.07, 6.45) is 4.83. The van der Waals surface area contributed by atoms with Crippen LogP contribution in [0.1, 0.15) is 48.5 Å². The fourth-order valence-electron chi connectivity index (χ4n) is 3.12. The molecule has 3 N–H and O–H groups in total. The van der Waals surface area contributed by atoms with Gasteiger partial charge in [0.15, 0.2) is 0 Å². The first-order chi connectivity index (χ1) is 10.0. The Hall–Kier alpha value is -1.46. The van der Waals surface area contributed by atoms with Gasteiger partial charge >= 0.3 is 0 Å². The molecule has 0 spiro atoms. The highest BCUT2D eigenvalue weighted by Crippen LogP contribution is 2.27. The molecule has 21 heavy (non-hydrogen) atoms. The van der Waals surface area contributed by atoms with Gasteiger partial charge in [-0.3, -0.25) is 15.1 Å². The Morgan fingerprint density at radius 1 is 1.48 bits per heavy atom. The number of benzene rings is 1.